The molecule has 0 saturated carbocycles. The minimum absolute atomic E-state index is 0.217. The lowest BCUT2D eigenvalue weighted by molar-refractivity contribution is 0.0466. The van der Waals surface area contributed by atoms with Gasteiger partial charge in [0.1, 0.15) is 12.3 Å². The molecule has 1 heterocycles. The molecule has 0 bridgehead atoms. The van der Waals surface area contributed by atoms with Crippen LogP contribution in [0.2, 0.25) is 0 Å². The summed E-state index contributed by atoms with van der Waals surface area (Å²) in [5.41, 5.74) is 1.63. The van der Waals surface area contributed by atoms with Crippen LogP contribution < -0.4 is 0 Å². The Bertz CT molecular complexity index is 516. The number of nitrogens with one attached hydrogen (secondary N) is 1. The van der Waals surface area contributed by atoms with Crippen LogP contribution in [0.15, 0.2) is 42.6 Å². The van der Waals surface area contributed by atoms with Crippen molar-refractivity contribution < 1.29 is 14.3 Å². The fourth-order valence-electron chi connectivity index (χ4n) is 1.40. The third-order valence-corrected chi connectivity index (χ3v) is 2.27. The van der Waals surface area contributed by atoms with Gasteiger partial charge in [-0.25, -0.2) is 4.79 Å². The first-order valence-electron chi connectivity index (χ1n) is 5.14. The molecule has 0 aliphatic heterocycles. The van der Waals surface area contributed by atoms with Crippen molar-refractivity contribution in [2.45, 2.75) is 6.61 Å². The number of benzene rings is 1. The van der Waals surface area contributed by atoms with Gasteiger partial charge < -0.3 is 9.72 Å². The molecule has 4 heteroatoms. The molecule has 2 rings (SSSR count). The van der Waals surface area contributed by atoms with Gasteiger partial charge in [-0.05, 0) is 11.6 Å². The summed E-state index contributed by atoms with van der Waals surface area (Å²) in [6.07, 6.45) is 2.14. The van der Waals surface area contributed by atoms with Crippen molar-refractivity contribution in [1.82, 2.24) is 4.98 Å². The van der Waals surface area contributed by atoms with E-state index in [4.69, 9.17) is 4.74 Å². The molecule has 0 unspecified atom stereocenters. The quantitative estimate of drug-likeness (QED) is 0.645. The number of hydrogen-bond acceptors (Lipinski definition) is 3. The first kappa shape index (κ1) is 11.1. The van der Waals surface area contributed by atoms with Crippen molar-refractivity contribution in [2.24, 2.45) is 0 Å². The molecule has 0 radical (unpaired) electrons. The molecule has 1 aromatic heterocycles. The smallest absolute Gasteiger partial charge is 0.355 e. The van der Waals surface area contributed by atoms with Gasteiger partial charge in [-0.1, -0.05) is 30.3 Å². The Balaban J connectivity index is 1.96. The molecular weight excluding hydrogens is 218 g/mol. The van der Waals surface area contributed by atoms with E-state index in [-0.39, 0.29) is 12.3 Å². The maximum atomic E-state index is 11.6. The van der Waals surface area contributed by atoms with Gasteiger partial charge in [-0.2, -0.15) is 0 Å². The highest BCUT2D eigenvalue weighted by Gasteiger charge is 2.09. The normalized spacial score (nSPS) is 9.88. The molecule has 86 valence electrons. The van der Waals surface area contributed by atoms with Crippen LogP contribution in [-0.2, 0) is 11.3 Å². The fraction of sp³-hybridized carbons (Fsp3) is 0.0769. The van der Waals surface area contributed by atoms with Gasteiger partial charge in [0, 0.05) is 11.8 Å². The Morgan fingerprint density at radius 1 is 1.29 bits per heavy atom. The molecule has 0 aliphatic rings. The van der Waals surface area contributed by atoms with Crippen LogP contribution >= 0.6 is 0 Å². The molecule has 4 nitrogen and oxygen atoms in total. The molecule has 1 N–H and O–H groups in total. The second kappa shape index (κ2) is 5.12. The molecule has 0 fully saturated rings. The van der Waals surface area contributed by atoms with Crippen LogP contribution in [0.5, 0.6) is 0 Å². The van der Waals surface area contributed by atoms with E-state index in [0.717, 1.165) is 5.56 Å². The Hall–Kier alpha value is -2.36. The number of rotatable bonds is 4. The number of aromatic amines is 1. The Morgan fingerprint density at radius 2 is 2.06 bits per heavy atom. The second-order valence-corrected chi connectivity index (χ2v) is 3.53. The molecule has 0 amide bonds. The van der Waals surface area contributed by atoms with Gasteiger partial charge in [0.2, 0.25) is 0 Å². The highest BCUT2D eigenvalue weighted by molar-refractivity contribution is 5.90. The summed E-state index contributed by atoms with van der Waals surface area (Å²) in [5.74, 6) is -0.470. The number of ether oxygens (including phenoxy) is 1. The van der Waals surface area contributed by atoms with Gasteiger partial charge in [0.15, 0.2) is 6.29 Å². The topological polar surface area (TPSA) is 59.2 Å². The average Bonchev–Trinajstić information content (AvgIpc) is 2.86. The monoisotopic (exact) mass is 229 g/mol. The summed E-state index contributed by atoms with van der Waals surface area (Å²) in [4.78, 5) is 24.7. The van der Waals surface area contributed by atoms with E-state index < -0.39 is 5.97 Å². The minimum atomic E-state index is -0.470. The average molecular weight is 229 g/mol. The third-order valence-electron chi connectivity index (χ3n) is 2.27. The molecule has 0 atom stereocenters. The number of carbonyl (C=O) groups excluding carboxylic acids is 2. The van der Waals surface area contributed by atoms with Gasteiger partial charge in [0.25, 0.3) is 0 Å². The third kappa shape index (κ3) is 2.81. The van der Waals surface area contributed by atoms with Crippen molar-refractivity contribution in [3.05, 3.63) is 59.4 Å². The standard InChI is InChI=1S/C13H11NO3/c15-8-11-6-12(14-7-11)13(16)17-9-10-4-2-1-3-5-10/h1-8,14H,9H2. The zero-order valence-corrected chi connectivity index (χ0v) is 9.05. The molecule has 0 saturated heterocycles. The number of hydrogen-bond donors (Lipinski definition) is 1. The molecule has 0 aliphatic carbocycles. The Kier molecular flexibility index (Phi) is 3.35. The van der Waals surface area contributed by atoms with Crippen molar-refractivity contribution in [1.29, 1.82) is 0 Å². The summed E-state index contributed by atoms with van der Waals surface area (Å²) in [6, 6.07) is 10.9. The van der Waals surface area contributed by atoms with Crippen molar-refractivity contribution >= 4 is 12.3 Å². The van der Waals surface area contributed by atoms with E-state index in [2.05, 4.69) is 4.98 Å². The van der Waals surface area contributed by atoms with E-state index in [1.165, 1.54) is 12.3 Å². The van der Waals surface area contributed by atoms with Crippen molar-refractivity contribution in [3.8, 4) is 0 Å². The fourth-order valence-corrected chi connectivity index (χ4v) is 1.40. The first-order chi connectivity index (χ1) is 8.29. The molecular formula is C13H11NO3. The SMILES string of the molecule is O=Cc1c[nH]c(C(=O)OCc2ccccc2)c1. The van der Waals surface area contributed by atoms with Crippen molar-refractivity contribution in [3.63, 3.8) is 0 Å². The predicted molar refractivity (Wildman–Crippen MR) is 61.7 cm³/mol. The minimum Gasteiger partial charge on any atom is -0.456 e. The molecule has 17 heavy (non-hydrogen) atoms. The number of aldehydes is 1. The van der Waals surface area contributed by atoms with E-state index in [9.17, 15) is 9.59 Å². The summed E-state index contributed by atoms with van der Waals surface area (Å²) < 4.78 is 5.09. The molecule has 0 spiro atoms. The highest BCUT2D eigenvalue weighted by Crippen LogP contribution is 2.06. The Labute approximate surface area is 98.2 Å². The van der Waals surface area contributed by atoms with Crippen LogP contribution in [0, 0.1) is 0 Å². The highest BCUT2D eigenvalue weighted by atomic mass is 16.5. The van der Waals surface area contributed by atoms with Crippen LogP contribution in [0.4, 0.5) is 0 Å². The van der Waals surface area contributed by atoms with Gasteiger partial charge >= 0.3 is 5.97 Å². The number of aromatic nitrogens is 1. The number of H-pyrrole nitrogens is 1. The Morgan fingerprint density at radius 3 is 2.71 bits per heavy atom. The van der Waals surface area contributed by atoms with E-state index in [1.54, 1.807) is 0 Å². The first-order valence-corrected chi connectivity index (χ1v) is 5.14. The summed E-state index contributed by atoms with van der Waals surface area (Å²) in [6.45, 7) is 0.217. The number of esters is 1. The van der Waals surface area contributed by atoms with E-state index in [0.29, 0.717) is 11.8 Å². The van der Waals surface area contributed by atoms with Crippen molar-refractivity contribution in [2.75, 3.05) is 0 Å². The lowest BCUT2D eigenvalue weighted by atomic mass is 10.2. The van der Waals surface area contributed by atoms with Gasteiger partial charge in [0.05, 0.1) is 0 Å². The van der Waals surface area contributed by atoms with Crippen LogP contribution in [0.1, 0.15) is 26.4 Å². The maximum absolute atomic E-state index is 11.6. The maximum Gasteiger partial charge on any atom is 0.355 e. The predicted octanol–water partition coefficient (Wildman–Crippen LogP) is 2.18. The lowest BCUT2D eigenvalue weighted by Crippen LogP contribution is -2.05. The molecule has 1 aromatic carbocycles. The molecule has 2 aromatic rings. The van der Waals surface area contributed by atoms with E-state index >= 15 is 0 Å². The lowest BCUT2D eigenvalue weighted by Gasteiger charge is -2.02. The summed E-state index contributed by atoms with van der Waals surface area (Å²) in [5, 5.41) is 0. The van der Waals surface area contributed by atoms with Crippen LogP contribution in [0.25, 0.3) is 0 Å². The summed E-state index contributed by atoms with van der Waals surface area (Å²) >= 11 is 0. The largest absolute Gasteiger partial charge is 0.456 e. The second-order valence-electron chi connectivity index (χ2n) is 3.53. The summed E-state index contributed by atoms with van der Waals surface area (Å²) in [7, 11) is 0. The van der Waals surface area contributed by atoms with Gasteiger partial charge in [-0.3, -0.25) is 4.79 Å². The van der Waals surface area contributed by atoms with Crippen LogP contribution in [0.3, 0.4) is 0 Å². The zero-order chi connectivity index (χ0) is 12.1. The van der Waals surface area contributed by atoms with E-state index in [1.807, 2.05) is 30.3 Å². The zero-order valence-electron chi connectivity index (χ0n) is 9.05. The number of carbonyl (C=O) groups is 2. The van der Waals surface area contributed by atoms with Crippen LogP contribution in [-0.4, -0.2) is 17.2 Å². The van der Waals surface area contributed by atoms with Gasteiger partial charge in [-0.15, -0.1) is 0 Å².